The first kappa shape index (κ1) is 19.8. The summed E-state index contributed by atoms with van der Waals surface area (Å²) in [4.78, 5) is 25.5. The van der Waals surface area contributed by atoms with Gasteiger partial charge in [0, 0.05) is 19.6 Å². The van der Waals surface area contributed by atoms with E-state index >= 15 is 0 Å². The lowest BCUT2D eigenvalue weighted by atomic mass is 10.1. The van der Waals surface area contributed by atoms with Gasteiger partial charge in [0.05, 0.1) is 35.3 Å². The molecule has 2 aliphatic rings. The molecule has 0 spiro atoms. The minimum absolute atomic E-state index is 0.0595. The summed E-state index contributed by atoms with van der Waals surface area (Å²) in [6.07, 6.45) is 0. The molecule has 1 aromatic heterocycles. The maximum Gasteiger partial charge on any atom is 0.258 e. The van der Waals surface area contributed by atoms with Gasteiger partial charge in [0.1, 0.15) is 11.5 Å². The van der Waals surface area contributed by atoms with Gasteiger partial charge in [-0.05, 0) is 37.3 Å². The number of morpholine rings is 1. The Morgan fingerprint density at radius 2 is 1.83 bits per heavy atom. The zero-order chi connectivity index (χ0) is 20.6. The van der Waals surface area contributed by atoms with Crippen molar-refractivity contribution in [2.45, 2.75) is 17.9 Å². The molecule has 1 fully saturated rings. The highest BCUT2D eigenvalue weighted by Crippen LogP contribution is 2.25. The van der Waals surface area contributed by atoms with Crippen molar-refractivity contribution >= 4 is 21.8 Å². The van der Waals surface area contributed by atoms with Crippen LogP contribution in [-0.4, -0.2) is 58.0 Å². The molecule has 1 aromatic carbocycles. The Morgan fingerprint density at radius 1 is 1.10 bits per heavy atom. The second-order valence-corrected chi connectivity index (χ2v) is 8.72. The molecule has 4 rings (SSSR count). The lowest BCUT2D eigenvalue weighted by molar-refractivity contribution is 0.0127. The molecule has 154 valence electrons. The van der Waals surface area contributed by atoms with Crippen molar-refractivity contribution in [2.75, 3.05) is 32.8 Å². The number of imide groups is 1. The molecule has 0 bridgehead atoms. The number of rotatable bonds is 6. The third-order valence-corrected chi connectivity index (χ3v) is 6.48. The fraction of sp³-hybridized carbons (Fsp3) is 0.368. The number of carbonyl (C=O) groups excluding carboxylic acids is 2. The quantitative estimate of drug-likeness (QED) is 0.666. The maximum atomic E-state index is 12.8. The number of hydrogen-bond acceptors (Lipinski definition) is 7. The average Bonchev–Trinajstić information content (AvgIpc) is 3.26. The normalized spacial score (nSPS) is 18.5. The Morgan fingerprint density at radius 3 is 2.52 bits per heavy atom. The number of carbonyl (C=O) groups is 2. The van der Waals surface area contributed by atoms with Crippen molar-refractivity contribution in [2.24, 2.45) is 0 Å². The predicted molar refractivity (Wildman–Crippen MR) is 102 cm³/mol. The Kier molecular flexibility index (Phi) is 5.26. The summed E-state index contributed by atoms with van der Waals surface area (Å²) in [5.41, 5.74) is 0.232. The van der Waals surface area contributed by atoms with E-state index < -0.39 is 21.8 Å². The van der Waals surface area contributed by atoms with Crippen LogP contribution in [-0.2, 0) is 14.8 Å². The van der Waals surface area contributed by atoms with Gasteiger partial charge < -0.3 is 9.15 Å². The molecule has 1 saturated heterocycles. The van der Waals surface area contributed by atoms with E-state index in [1.807, 2.05) is 19.1 Å². The standard InChI is InChI=1S/C19H21N3O6S/c1-12-2-5-17(28-12)16(22-6-8-27-9-7-22)11-20-29(25,26)13-3-4-14-15(10-13)19(24)21-18(14)23/h2-5,10,16,20H,6-9,11H2,1H3,(H,21,23,24). The van der Waals surface area contributed by atoms with Crippen LogP contribution in [0.1, 0.15) is 38.3 Å². The Hall–Kier alpha value is -2.53. The number of amides is 2. The van der Waals surface area contributed by atoms with Crippen LogP contribution in [0.15, 0.2) is 39.6 Å². The van der Waals surface area contributed by atoms with Crippen LogP contribution in [0, 0.1) is 6.92 Å². The highest BCUT2D eigenvalue weighted by atomic mass is 32.2. The van der Waals surface area contributed by atoms with Gasteiger partial charge in [-0.25, -0.2) is 13.1 Å². The highest BCUT2D eigenvalue weighted by molar-refractivity contribution is 7.89. The molecule has 2 aliphatic heterocycles. The first-order valence-corrected chi connectivity index (χ1v) is 10.7. The summed E-state index contributed by atoms with van der Waals surface area (Å²) >= 11 is 0. The molecule has 2 amide bonds. The summed E-state index contributed by atoms with van der Waals surface area (Å²) in [7, 11) is -3.90. The summed E-state index contributed by atoms with van der Waals surface area (Å²) in [5.74, 6) is 0.295. The summed E-state index contributed by atoms with van der Waals surface area (Å²) in [5, 5.41) is 2.15. The van der Waals surface area contributed by atoms with E-state index in [-0.39, 0.29) is 28.6 Å². The minimum Gasteiger partial charge on any atom is -0.465 e. The second kappa shape index (κ2) is 7.71. The predicted octanol–water partition coefficient (Wildman–Crippen LogP) is 0.823. The van der Waals surface area contributed by atoms with Crippen molar-refractivity contribution in [1.82, 2.24) is 14.9 Å². The van der Waals surface area contributed by atoms with Crippen LogP contribution in [0.25, 0.3) is 0 Å². The molecule has 0 aliphatic carbocycles. The summed E-state index contributed by atoms with van der Waals surface area (Å²) in [6, 6.07) is 7.28. The lowest BCUT2D eigenvalue weighted by Crippen LogP contribution is -2.43. The van der Waals surface area contributed by atoms with Crippen LogP contribution in [0.4, 0.5) is 0 Å². The van der Waals surface area contributed by atoms with Gasteiger partial charge >= 0.3 is 0 Å². The fourth-order valence-corrected chi connectivity index (χ4v) is 4.58. The number of hydrogen-bond donors (Lipinski definition) is 2. The summed E-state index contributed by atoms with van der Waals surface area (Å²) < 4.78 is 39.4. The number of nitrogens with zero attached hydrogens (tertiary/aromatic N) is 1. The van der Waals surface area contributed by atoms with Gasteiger partial charge in [-0.15, -0.1) is 0 Å². The number of aryl methyl sites for hydroxylation is 1. The first-order chi connectivity index (χ1) is 13.8. The van der Waals surface area contributed by atoms with Crippen LogP contribution >= 0.6 is 0 Å². The molecule has 0 radical (unpaired) electrons. The van der Waals surface area contributed by atoms with E-state index in [1.165, 1.54) is 18.2 Å². The number of ether oxygens (including phenoxy) is 1. The monoisotopic (exact) mass is 419 g/mol. The van der Waals surface area contributed by atoms with Crippen molar-refractivity contribution < 1.29 is 27.2 Å². The summed E-state index contributed by atoms with van der Waals surface area (Å²) in [6.45, 7) is 4.38. The van der Waals surface area contributed by atoms with Gasteiger partial charge in [0.25, 0.3) is 11.8 Å². The second-order valence-electron chi connectivity index (χ2n) is 6.96. The Labute approximate surface area is 168 Å². The van der Waals surface area contributed by atoms with Crippen LogP contribution in [0.3, 0.4) is 0 Å². The van der Waals surface area contributed by atoms with Gasteiger partial charge in [0.15, 0.2) is 0 Å². The van der Waals surface area contributed by atoms with E-state index in [0.717, 1.165) is 5.76 Å². The Balaban J connectivity index is 1.56. The van der Waals surface area contributed by atoms with Gasteiger partial charge in [0.2, 0.25) is 10.0 Å². The molecule has 2 N–H and O–H groups in total. The molecular weight excluding hydrogens is 398 g/mol. The number of nitrogens with one attached hydrogen (secondary N) is 2. The van der Waals surface area contributed by atoms with Crippen LogP contribution < -0.4 is 10.0 Å². The van der Waals surface area contributed by atoms with Gasteiger partial charge in [-0.3, -0.25) is 19.8 Å². The molecule has 3 heterocycles. The van der Waals surface area contributed by atoms with Crippen LogP contribution in [0.5, 0.6) is 0 Å². The molecule has 0 saturated carbocycles. The van der Waals surface area contributed by atoms with E-state index in [9.17, 15) is 18.0 Å². The number of furan rings is 1. The third-order valence-electron chi connectivity index (χ3n) is 5.06. The van der Waals surface area contributed by atoms with E-state index in [1.54, 1.807) is 0 Å². The topological polar surface area (TPSA) is 118 Å². The van der Waals surface area contributed by atoms with E-state index in [2.05, 4.69) is 14.9 Å². The lowest BCUT2D eigenvalue weighted by Gasteiger charge is -2.33. The molecule has 29 heavy (non-hydrogen) atoms. The fourth-order valence-electron chi connectivity index (χ4n) is 3.52. The van der Waals surface area contributed by atoms with Crippen molar-refractivity contribution in [1.29, 1.82) is 0 Å². The van der Waals surface area contributed by atoms with Gasteiger partial charge in [-0.2, -0.15) is 0 Å². The van der Waals surface area contributed by atoms with Crippen LogP contribution in [0.2, 0.25) is 0 Å². The zero-order valence-corrected chi connectivity index (χ0v) is 16.6. The molecule has 1 atom stereocenters. The Bertz CT molecular complexity index is 1060. The minimum atomic E-state index is -3.90. The van der Waals surface area contributed by atoms with Crippen molar-refractivity contribution in [3.05, 3.63) is 53.0 Å². The van der Waals surface area contributed by atoms with E-state index in [4.69, 9.17) is 9.15 Å². The molecular formula is C19H21N3O6S. The number of fused-ring (bicyclic) bond motifs is 1. The SMILES string of the molecule is Cc1ccc(C(CNS(=O)(=O)c2ccc3c(c2)C(=O)NC3=O)N2CCOCC2)o1. The average molecular weight is 419 g/mol. The van der Waals surface area contributed by atoms with Crippen molar-refractivity contribution in [3.63, 3.8) is 0 Å². The molecule has 1 unspecified atom stereocenters. The smallest absolute Gasteiger partial charge is 0.258 e. The number of sulfonamides is 1. The number of benzene rings is 1. The van der Waals surface area contributed by atoms with E-state index in [0.29, 0.717) is 32.1 Å². The maximum absolute atomic E-state index is 12.8. The zero-order valence-electron chi connectivity index (χ0n) is 15.8. The van der Waals surface area contributed by atoms with Crippen molar-refractivity contribution in [3.8, 4) is 0 Å². The van der Waals surface area contributed by atoms with Gasteiger partial charge in [-0.1, -0.05) is 0 Å². The first-order valence-electron chi connectivity index (χ1n) is 9.23. The molecule has 10 heteroatoms. The molecule has 9 nitrogen and oxygen atoms in total. The highest BCUT2D eigenvalue weighted by Gasteiger charge is 2.30. The third kappa shape index (κ3) is 3.97. The molecule has 2 aromatic rings. The largest absolute Gasteiger partial charge is 0.465 e.